The Morgan fingerprint density at radius 3 is 2.13 bits per heavy atom. The molecular weight excluding hydrogens is 300 g/mol. The molecule has 0 radical (unpaired) electrons. The summed E-state index contributed by atoms with van der Waals surface area (Å²) in [5.74, 6) is -1.46. The van der Waals surface area contributed by atoms with Gasteiger partial charge in [-0.05, 0) is 6.42 Å². The van der Waals surface area contributed by atoms with Gasteiger partial charge in [-0.25, -0.2) is 14.8 Å². The van der Waals surface area contributed by atoms with Crippen LogP contribution in [0.25, 0.3) is 0 Å². The van der Waals surface area contributed by atoms with Crippen molar-refractivity contribution >= 4 is 17.8 Å². The van der Waals surface area contributed by atoms with Crippen molar-refractivity contribution in [1.29, 1.82) is 0 Å². The van der Waals surface area contributed by atoms with E-state index < -0.39 is 5.97 Å². The molecule has 0 saturated carbocycles. The molecule has 0 aromatic carbocycles. The maximum absolute atomic E-state index is 12.4. The normalized spacial score (nSPS) is 15.4. The minimum Gasteiger partial charge on any atom is -0.476 e. The monoisotopic (exact) mass is 320 g/mol. The topological polar surface area (TPSA) is 104 Å². The number of aromatic nitrogens is 2. The highest BCUT2D eigenvalue weighted by atomic mass is 16.4. The lowest BCUT2D eigenvalue weighted by Gasteiger charge is -2.23. The van der Waals surface area contributed by atoms with Gasteiger partial charge >= 0.3 is 5.97 Å². The van der Waals surface area contributed by atoms with E-state index in [4.69, 9.17) is 5.11 Å². The first-order valence-corrected chi connectivity index (χ1v) is 7.53. The second-order valence-electron chi connectivity index (χ2n) is 5.72. The first-order chi connectivity index (χ1) is 10.9. The van der Waals surface area contributed by atoms with Crippen molar-refractivity contribution in [3.63, 3.8) is 0 Å². The van der Waals surface area contributed by atoms with Gasteiger partial charge in [0.05, 0.1) is 12.4 Å². The second kappa shape index (κ2) is 7.17. The Labute approximate surface area is 134 Å². The van der Waals surface area contributed by atoms with Crippen LogP contribution >= 0.6 is 0 Å². The molecule has 23 heavy (non-hydrogen) atoms. The Hall–Kier alpha value is -2.51. The molecule has 0 unspecified atom stereocenters. The van der Waals surface area contributed by atoms with E-state index in [1.807, 2.05) is 13.8 Å². The summed E-state index contributed by atoms with van der Waals surface area (Å²) in [6.07, 6.45) is 2.94. The molecule has 2 heterocycles. The van der Waals surface area contributed by atoms with Gasteiger partial charge in [-0.3, -0.25) is 9.59 Å². The van der Waals surface area contributed by atoms with Crippen molar-refractivity contribution in [1.82, 2.24) is 19.8 Å². The van der Waals surface area contributed by atoms with E-state index in [0.717, 1.165) is 6.20 Å². The number of carbonyl (C=O) groups excluding carboxylic acids is 2. The standard InChI is InChI=1S/C15H20N4O4/c1-10(2)13(20)18-4-3-5-19(7-6-18)14(21)11-8-17-12(9-16-11)15(22)23/h8-10H,3-7H2,1-2H3,(H,22,23). The number of hydrogen-bond donors (Lipinski definition) is 1. The second-order valence-corrected chi connectivity index (χ2v) is 5.72. The van der Waals surface area contributed by atoms with Crippen molar-refractivity contribution in [3.8, 4) is 0 Å². The average Bonchev–Trinajstić information content (AvgIpc) is 2.79. The smallest absolute Gasteiger partial charge is 0.356 e. The molecule has 1 aromatic heterocycles. The van der Waals surface area contributed by atoms with Gasteiger partial charge in [-0.15, -0.1) is 0 Å². The van der Waals surface area contributed by atoms with Gasteiger partial charge in [0.25, 0.3) is 5.91 Å². The molecule has 0 spiro atoms. The summed E-state index contributed by atoms with van der Waals surface area (Å²) in [4.78, 5) is 46.2. The summed E-state index contributed by atoms with van der Waals surface area (Å²) in [5, 5.41) is 8.79. The fraction of sp³-hybridized carbons (Fsp3) is 0.533. The van der Waals surface area contributed by atoms with Gasteiger partial charge in [0.1, 0.15) is 5.69 Å². The van der Waals surface area contributed by atoms with Gasteiger partial charge in [0.2, 0.25) is 5.91 Å². The number of hydrogen-bond acceptors (Lipinski definition) is 5. The van der Waals surface area contributed by atoms with Crippen LogP contribution in [0.3, 0.4) is 0 Å². The van der Waals surface area contributed by atoms with Gasteiger partial charge in [-0.1, -0.05) is 13.8 Å². The van der Waals surface area contributed by atoms with Crippen molar-refractivity contribution < 1.29 is 19.5 Å². The lowest BCUT2D eigenvalue weighted by molar-refractivity contribution is -0.134. The summed E-state index contributed by atoms with van der Waals surface area (Å²) in [7, 11) is 0. The first-order valence-electron chi connectivity index (χ1n) is 7.53. The van der Waals surface area contributed by atoms with Gasteiger partial charge in [0, 0.05) is 32.1 Å². The quantitative estimate of drug-likeness (QED) is 0.870. The van der Waals surface area contributed by atoms with Crippen molar-refractivity contribution in [2.75, 3.05) is 26.2 Å². The molecule has 8 nitrogen and oxygen atoms in total. The maximum atomic E-state index is 12.4. The van der Waals surface area contributed by atoms with E-state index in [2.05, 4.69) is 9.97 Å². The molecule has 124 valence electrons. The van der Waals surface area contributed by atoms with Crippen molar-refractivity contribution in [2.45, 2.75) is 20.3 Å². The maximum Gasteiger partial charge on any atom is 0.356 e. The van der Waals surface area contributed by atoms with Crippen LogP contribution in [0.4, 0.5) is 0 Å². The molecule has 0 aliphatic carbocycles. The van der Waals surface area contributed by atoms with Crippen LogP contribution in [0.5, 0.6) is 0 Å². The van der Waals surface area contributed by atoms with E-state index in [0.29, 0.717) is 32.6 Å². The summed E-state index contributed by atoms with van der Waals surface area (Å²) in [5.41, 5.74) is -0.0928. The number of carboxylic acid groups (broad SMARTS) is 1. The molecule has 1 aliphatic heterocycles. The summed E-state index contributed by atoms with van der Waals surface area (Å²) < 4.78 is 0. The summed E-state index contributed by atoms with van der Waals surface area (Å²) >= 11 is 0. The number of nitrogens with zero attached hydrogens (tertiary/aromatic N) is 4. The van der Waals surface area contributed by atoms with Crippen LogP contribution < -0.4 is 0 Å². The fourth-order valence-corrected chi connectivity index (χ4v) is 2.42. The van der Waals surface area contributed by atoms with Gasteiger partial charge in [0.15, 0.2) is 5.69 Å². The van der Waals surface area contributed by atoms with E-state index in [1.54, 1.807) is 9.80 Å². The Morgan fingerprint density at radius 1 is 1.00 bits per heavy atom. The Balaban J connectivity index is 2.03. The third-order valence-corrected chi connectivity index (χ3v) is 3.68. The zero-order chi connectivity index (χ0) is 17.0. The largest absolute Gasteiger partial charge is 0.476 e. The van der Waals surface area contributed by atoms with Crippen LogP contribution in [0.1, 0.15) is 41.2 Å². The fourth-order valence-electron chi connectivity index (χ4n) is 2.42. The molecule has 8 heteroatoms. The minimum atomic E-state index is -1.19. The lowest BCUT2D eigenvalue weighted by atomic mass is 10.2. The molecule has 1 aromatic rings. The highest BCUT2D eigenvalue weighted by molar-refractivity contribution is 5.92. The molecule has 0 atom stereocenters. The summed E-state index contributed by atoms with van der Waals surface area (Å²) in [6, 6.07) is 0. The molecule has 1 N–H and O–H groups in total. The van der Waals surface area contributed by atoms with Crippen LogP contribution in [0.2, 0.25) is 0 Å². The number of carbonyl (C=O) groups is 3. The Bertz CT molecular complexity index is 600. The number of rotatable bonds is 3. The van der Waals surface area contributed by atoms with Crippen LogP contribution in [-0.4, -0.2) is 68.8 Å². The summed E-state index contributed by atoms with van der Waals surface area (Å²) in [6.45, 7) is 5.79. The molecule has 2 amide bonds. The highest BCUT2D eigenvalue weighted by Gasteiger charge is 2.24. The molecule has 2 rings (SSSR count). The zero-order valence-corrected chi connectivity index (χ0v) is 13.2. The predicted molar refractivity (Wildman–Crippen MR) is 80.9 cm³/mol. The highest BCUT2D eigenvalue weighted by Crippen LogP contribution is 2.10. The van der Waals surface area contributed by atoms with Crippen molar-refractivity contribution in [2.24, 2.45) is 5.92 Å². The van der Waals surface area contributed by atoms with E-state index >= 15 is 0 Å². The molecule has 1 fully saturated rings. The first kappa shape index (κ1) is 16.9. The molecule has 0 bridgehead atoms. The van der Waals surface area contributed by atoms with E-state index in [9.17, 15) is 14.4 Å². The SMILES string of the molecule is CC(C)C(=O)N1CCCN(C(=O)c2cnc(C(=O)O)cn2)CC1. The van der Waals surface area contributed by atoms with Crippen LogP contribution in [0, 0.1) is 5.92 Å². The lowest BCUT2D eigenvalue weighted by Crippen LogP contribution is -2.39. The predicted octanol–water partition coefficient (Wildman–Crippen LogP) is 0.505. The van der Waals surface area contributed by atoms with Gasteiger partial charge < -0.3 is 14.9 Å². The molecule has 1 aliphatic rings. The van der Waals surface area contributed by atoms with E-state index in [1.165, 1.54) is 6.20 Å². The Morgan fingerprint density at radius 2 is 1.57 bits per heavy atom. The molecular formula is C15H20N4O4. The third kappa shape index (κ3) is 4.02. The number of carboxylic acids is 1. The van der Waals surface area contributed by atoms with Gasteiger partial charge in [-0.2, -0.15) is 0 Å². The minimum absolute atomic E-state index is 0.0633. The Kier molecular flexibility index (Phi) is 5.25. The van der Waals surface area contributed by atoms with Crippen molar-refractivity contribution in [3.05, 3.63) is 23.8 Å². The zero-order valence-electron chi connectivity index (χ0n) is 13.2. The number of aromatic carboxylic acids is 1. The average molecular weight is 320 g/mol. The number of amides is 2. The molecule has 1 saturated heterocycles. The van der Waals surface area contributed by atoms with E-state index in [-0.39, 0.29) is 29.1 Å². The van der Waals surface area contributed by atoms with Crippen LogP contribution in [-0.2, 0) is 4.79 Å². The van der Waals surface area contributed by atoms with Crippen LogP contribution in [0.15, 0.2) is 12.4 Å². The third-order valence-electron chi connectivity index (χ3n) is 3.68.